The van der Waals surface area contributed by atoms with Crippen LogP contribution in [0.3, 0.4) is 0 Å². The van der Waals surface area contributed by atoms with Crippen LogP contribution in [0, 0.1) is 16.0 Å². The molecule has 0 aliphatic rings. The molecule has 174 valence electrons. The Balaban J connectivity index is 3.14. The normalized spacial score (nSPS) is 12.2. The zero-order valence-corrected chi connectivity index (χ0v) is 18.0. The Labute approximate surface area is 177 Å². The van der Waals surface area contributed by atoms with Gasteiger partial charge in [-0.15, -0.1) is 0 Å². The number of alkyl carbamates (subject to hydrolysis) is 1. The number of carbonyl (C=O) groups excluding carboxylic acids is 1. The molecule has 1 atom stereocenters. The lowest BCUT2D eigenvalue weighted by Crippen LogP contribution is -2.29. The third-order valence-corrected chi connectivity index (χ3v) is 4.80. The average molecular weight is 464 g/mol. The van der Waals surface area contributed by atoms with Gasteiger partial charge in [0.1, 0.15) is 6.10 Å². The van der Waals surface area contributed by atoms with Crippen molar-refractivity contribution in [3.05, 3.63) is 27.8 Å². The molecule has 14 heteroatoms. The van der Waals surface area contributed by atoms with E-state index in [9.17, 15) is 24.3 Å². The van der Waals surface area contributed by atoms with E-state index in [0.29, 0.717) is 0 Å². The molecular formula is C17H25N2O11P. The smallest absolute Gasteiger partial charge is 0.407 e. The van der Waals surface area contributed by atoms with Crippen molar-refractivity contribution in [3.8, 4) is 11.5 Å². The second kappa shape index (κ2) is 11.5. The van der Waals surface area contributed by atoms with Gasteiger partial charge in [0.2, 0.25) is 0 Å². The molecule has 13 nitrogen and oxygen atoms in total. The van der Waals surface area contributed by atoms with E-state index in [1.54, 1.807) is 13.8 Å². The van der Waals surface area contributed by atoms with Crippen molar-refractivity contribution >= 4 is 25.3 Å². The second-order valence-corrected chi connectivity index (χ2v) is 8.52. The van der Waals surface area contributed by atoms with Gasteiger partial charge in [0, 0.05) is 6.54 Å². The standard InChI is InChI=1S/C17H25N2O11P/c1-10(2)16(30-17(22)18-5-4-6-31(25,26)27)11-7-14(29-9-15(20)21)13(28-3)8-12(11)19(23)24/h7-8,10,16H,4-6,9H2,1-3H3,(H,18,22)(H,20,21)(H2,25,26,27). The number of hydrogen-bond acceptors (Lipinski definition) is 8. The van der Waals surface area contributed by atoms with Gasteiger partial charge in [-0.05, 0) is 18.4 Å². The predicted molar refractivity (Wildman–Crippen MR) is 106 cm³/mol. The maximum atomic E-state index is 12.1. The van der Waals surface area contributed by atoms with Gasteiger partial charge in [-0.3, -0.25) is 14.7 Å². The summed E-state index contributed by atoms with van der Waals surface area (Å²) < 4.78 is 26.3. The van der Waals surface area contributed by atoms with E-state index in [1.807, 2.05) is 0 Å². The van der Waals surface area contributed by atoms with Crippen molar-refractivity contribution in [2.45, 2.75) is 26.4 Å². The van der Waals surface area contributed by atoms with Crippen LogP contribution in [0.15, 0.2) is 12.1 Å². The van der Waals surface area contributed by atoms with Crippen LogP contribution >= 0.6 is 7.60 Å². The third-order valence-electron chi connectivity index (χ3n) is 3.90. The third kappa shape index (κ3) is 8.79. The molecule has 1 rings (SSSR count). The molecule has 1 unspecified atom stereocenters. The number of hydrogen-bond donors (Lipinski definition) is 4. The first-order valence-corrected chi connectivity index (χ1v) is 10.9. The Bertz CT molecular complexity index is 853. The number of ether oxygens (including phenoxy) is 3. The van der Waals surface area contributed by atoms with Crippen molar-refractivity contribution < 1.29 is 48.2 Å². The van der Waals surface area contributed by atoms with Crippen molar-refractivity contribution in [1.82, 2.24) is 5.32 Å². The van der Waals surface area contributed by atoms with Crippen LogP contribution in [0.5, 0.6) is 11.5 Å². The number of carbonyl (C=O) groups is 2. The van der Waals surface area contributed by atoms with Crippen molar-refractivity contribution in [2.24, 2.45) is 5.92 Å². The number of carboxylic acid groups (broad SMARTS) is 1. The SMILES string of the molecule is COc1cc([N+](=O)[O-])c(C(OC(=O)NCCCP(=O)(O)O)C(C)C)cc1OCC(=O)O. The molecule has 0 bridgehead atoms. The van der Waals surface area contributed by atoms with E-state index in [4.69, 9.17) is 29.1 Å². The quantitative estimate of drug-likeness (QED) is 0.153. The van der Waals surface area contributed by atoms with E-state index in [-0.39, 0.29) is 30.0 Å². The summed E-state index contributed by atoms with van der Waals surface area (Å²) in [6, 6.07) is 2.23. The van der Waals surface area contributed by atoms with Gasteiger partial charge >= 0.3 is 19.7 Å². The first-order chi connectivity index (χ1) is 14.4. The summed E-state index contributed by atoms with van der Waals surface area (Å²) in [6.45, 7) is 2.50. The first-order valence-electron chi connectivity index (χ1n) is 9.05. The number of aliphatic carboxylic acids is 1. The topological polar surface area (TPSA) is 195 Å². The molecule has 0 fully saturated rings. The Morgan fingerprint density at radius 1 is 1.26 bits per heavy atom. The summed E-state index contributed by atoms with van der Waals surface area (Å²) in [6.07, 6.45) is -2.47. The number of nitrogens with one attached hydrogen (secondary N) is 1. The van der Waals surface area contributed by atoms with Gasteiger partial charge in [-0.1, -0.05) is 13.8 Å². The fourth-order valence-corrected chi connectivity index (χ4v) is 3.12. The van der Waals surface area contributed by atoms with Crippen molar-refractivity contribution in [1.29, 1.82) is 0 Å². The highest BCUT2D eigenvalue weighted by molar-refractivity contribution is 7.51. The van der Waals surface area contributed by atoms with Gasteiger partial charge in [0.25, 0.3) is 5.69 Å². The summed E-state index contributed by atoms with van der Waals surface area (Å²) in [7, 11) is -2.97. The van der Waals surface area contributed by atoms with Crippen LogP contribution in [0.1, 0.15) is 31.9 Å². The summed E-state index contributed by atoms with van der Waals surface area (Å²) in [5.41, 5.74) is -0.459. The number of benzene rings is 1. The molecule has 0 spiro atoms. The van der Waals surface area contributed by atoms with Crippen LogP contribution < -0.4 is 14.8 Å². The van der Waals surface area contributed by atoms with E-state index >= 15 is 0 Å². The molecular weight excluding hydrogens is 439 g/mol. The molecule has 4 N–H and O–H groups in total. The summed E-state index contributed by atoms with van der Waals surface area (Å²) in [5.74, 6) is -1.85. The molecule has 0 radical (unpaired) electrons. The lowest BCUT2D eigenvalue weighted by Gasteiger charge is -2.23. The number of amides is 1. The molecule has 0 saturated heterocycles. The number of nitrogens with zero attached hydrogens (tertiary/aromatic N) is 1. The minimum absolute atomic E-state index is 0.00157. The zero-order valence-electron chi connectivity index (χ0n) is 17.1. The van der Waals surface area contributed by atoms with Crippen LogP contribution in [0.2, 0.25) is 0 Å². The van der Waals surface area contributed by atoms with Crippen molar-refractivity contribution in [2.75, 3.05) is 26.4 Å². The zero-order chi connectivity index (χ0) is 23.8. The highest BCUT2D eigenvalue weighted by atomic mass is 31.2. The largest absolute Gasteiger partial charge is 0.493 e. The van der Waals surface area contributed by atoms with E-state index < -0.39 is 55.1 Å². The Kier molecular flexibility index (Phi) is 9.69. The number of rotatable bonds is 12. The number of carboxylic acids is 1. The van der Waals surface area contributed by atoms with Gasteiger partial charge in [-0.2, -0.15) is 0 Å². The fourth-order valence-electron chi connectivity index (χ4n) is 2.55. The summed E-state index contributed by atoms with van der Waals surface area (Å²) in [5, 5.41) is 22.7. The predicted octanol–water partition coefficient (Wildman–Crippen LogP) is 2.06. The summed E-state index contributed by atoms with van der Waals surface area (Å²) >= 11 is 0. The monoisotopic (exact) mass is 464 g/mol. The van der Waals surface area contributed by atoms with Crippen molar-refractivity contribution in [3.63, 3.8) is 0 Å². The Hall–Kier alpha value is -2.89. The minimum atomic E-state index is -4.20. The minimum Gasteiger partial charge on any atom is -0.493 e. The van der Waals surface area contributed by atoms with Gasteiger partial charge in [0.15, 0.2) is 18.1 Å². The lowest BCUT2D eigenvalue weighted by molar-refractivity contribution is -0.386. The lowest BCUT2D eigenvalue weighted by atomic mass is 9.96. The Morgan fingerprint density at radius 2 is 1.90 bits per heavy atom. The Morgan fingerprint density at radius 3 is 2.39 bits per heavy atom. The molecule has 0 heterocycles. The summed E-state index contributed by atoms with van der Waals surface area (Å²) in [4.78, 5) is 51.5. The van der Waals surface area contributed by atoms with Crippen LogP contribution in [-0.4, -0.2) is 58.3 Å². The fraction of sp³-hybridized carbons (Fsp3) is 0.529. The molecule has 0 saturated carbocycles. The van der Waals surface area contributed by atoms with E-state index in [0.717, 1.165) is 6.07 Å². The molecule has 1 amide bonds. The number of nitro groups is 1. The maximum Gasteiger partial charge on any atom is 0.407 e. The molecule has 1 aromatic carbocycles. The van der Waals surface area contributed by atoms with Gasteiger partial charge < -0.3 is 34.4 Å². The highest BCUT2D eigenvalue weighted by Gasteiger charge is 2.31. The number of nitro benzene ring substituents is 1. The van der Waals surface area contributed by atoms with E-state index in [2.05, 4.69) is 5.32 Å². The number of methoxy groups -OCH3 is 1. The van der Waals surface area contributed by atoms with E-state index in [1.165, 1.54) is 13.2 Å². The molecule has 0 aliphatic carbocycles. The highest BCUT2D eigenvalue weighted by Crippen LogP contribution is 2.41. The molecule has 31 heavy (non-hydrogen) atoms. The van der Waals surface area contributed by atoms with Crippen LogP contribution in [0.4, 0.5) is 10.5 Å². The maximum absolute atomic E-state index is 12.1. The molecule has 0 aliphatic heterocycles. The van der Waals surface area contributed by atoms with Crippen LogP contribution in [-0.2, 0) is 14.1 Å². The van der Waals surface area contributed by atoms with Gasteiger partial charge in [-0.25, -0.2) is 9.59 Å². The molecule has 1 aromatic rings. The van der Waals surface area contributed by atoms with Gasteiger partial charge in [0.05, 0.1) is 29.8 Å². The first kappa shape index (κ1) is 26.1. The second-order valence-electron chi connectivity index (χ2n) is 6.74. The molecule has 0 aromatic heterocycles. The van der Waals surface area contributed by atoms with Crippen LogP contribution in [0.25, 0.3) is 0 Å². The average Bonchev–Trinajstić information content (AvgIpc) is 2.66.